The molecular formula is C20H34N6O2. The van der Waals surface area contributed by atoms with Crippen LogP contribution in [0.1, 0.15) is 66.2 Å². The normalized spacial score (nSPS) is 20.7. The van der Waals surface area contributed by atoms with Gasteiger partial charge in [-0.1, -0.05) is 12.8 Å². The number of nitrogens with zero attached hydrogens (tertiary/aromatic N) is 3. The van der Waals surface area contributed by atoms with Gasteiger partial charge in [0.25, 0.3) is 0 Å². The predicted octanol–water partition coefficient (Wildman–Crippen LogP) is 3.18. The van der Waals surface area contributed by atoms with Crippen molar-refractivity contribution in [3.8, 4) is 0 Å². The maximum Gasteiger partial charge on any atom is 0.330 e. The summed E-state index contributed by atoms with van der Waals surface area (Å²) in [5.41, 5.74) is 6.21. The van der Waals surface area contributed by atoms with Gasteiger partial charge in [0.15, 0.2) is 5.82 Å². The van der Waals surface area contributed by atoms with Gasteiger partial charge >= 0.3 is 5.97 Å². The lowest BCUT2D eigenvalue weighted by Gasteiger charge is -2.33. The van der Waals surface area contributed by atoms with E-state index in [0.717, 1.165) is 25.7 Å². The van der Waals surface area contributed by atoms with Crippen LogP contribution in [-0.2, 0) is 9.63 Å². The molecule has 2 aliphatic rings. The lowest BCUT2D eigenvalue weighted by molar-refractivity contribution is -0.204. The van der Waals surface area contributed by atoms with E-state index in [2.05, 4.69) is 27.5 Å². The molecular weight excluding hydrogens is 356 g/mol. The van der Waals surface area contributed by atoms with Crippen LogP contribution in [0.5, 0.6) is 0 Å². The Morgan fingerprint density at radius 2 is 1.93 bits per heavy atom. The topological polar surface area (TPSA) is 105 Å². The van der Waals surface area contributed by atoms with Crippen molar-refractivity contribution >= 4 is 23.4 Å². The minimum absolute atomic E-state index is 0.0651. The first-order valence-electron chi connectivity index (χ1n) is 10.3. The molecule has 156 valence electrons. The van der Waals surface area contributed by atoms with Crippen molar-refractivity contribution in [2.24, 2.45) is 5.41 Å². The number of carbonyl (C=O) groups excluding carboxylic acids is 1. The summed E-state index contributed by atoms with van der Waals surface area (Å²) in [5, 5.41) is 8.68. The minimum Gasteiger partial charge on any atom is -0.394 e. The van der Waals surface area contributed by atoms with Crippen molar-refractivity contribution in [2.75, 3.05) is 29.5 Å². The van der Waals surface area contributed by atoms with Crippen LogP contribution in [0.3, 0.4) is 0 Å². The first kappa shape index (κ1) is 20.6. The molecule has 0 spiro atoms. The number of rotatable bonds is 5. The molecule has 1 aliphatic carbocycles. The van der Waals surface area contributed by atoms with Gasteiger partial charge in [-0.3, -0.25) is 0 Å². The number of anilines is 3. The molecule has 3 rings (SSSR count). The van der Waals surface area contributed by atoms with Gasteiger partial charge in [-0.05, 0) is 53.4 Å². The van der Waals surface area contributed by atoms with Crippen LogP contribution in [-0.4, -0.2) is 45.7 Å². The highest BCUT2D eigenvalue weighted by Crippen LogP contribution is 2.32. The van der Waals surface area contributed by atoms with Crippen LogP contribution in [0, 0.1) is 5.41 Å². The third-order valence-electron chi connectivity index (χ3n) is 5.56. The number of nitrogen functional groups attached to an aromatic ring is 1. The first-order chi connectivity index (χ1) is 13.1. The Bertz CT molecular complexity index is 688. The lowest BCUT2D eigenvalue weighted by atomic mass is 9.98. The molecule has 8 heteroatoms. The largest absolute Gasteiger partial charge is 0.394 e. The van der Waals surface area contributed by atoms with E-state index in [4.69, 9.17) is 10.6 Å². The quantitative estimate of drug-likeness (QED) is 0.704. The Hall–Kier alpha value is -2.09. The summed E-state index contributed by atoms with van der Waals surface area (Å²) < 4.78 is 0. The maximum absolute atomic E-state index is 12.0. The Balaban J connectivity index is 1.54. The molecule has 0 unspecified atom stereocenters. The number of aromatic nitrogens is 2. The second-order valence-corrected chi connectivity index (χ2v) is 9.37. The summed E-state index contributed by atoms with van der Waals surface area (Å²) in [6, 6.07) is 0.233. The maximum atomic E-state index is 12.0. The SMILES string of the molecule is CC1(Nc2ncc(N)c(NC3CCN(OC(=O)C(C)(C)C)CC3)n2)CCCC1. The van der Waals surface area contributed by atoms with Crippen LogP contribution in [0.15, 0.2) is 6.20 Å². The third-order valence-corrected chi connectivity index (χ3v) is 5.56. The predicted molar refractivity (Wildman–Crippen MR) is 111 cm³/mol. The molecule has 1 aliphatic heterocycles. The van der Waals surface area contributed by atoms with Crippen LogP contribution < -0.4 is 16.4 Å². The minimum atomic E-state index is -0.496. The van der Waals surface area contributed by atoms with Crippen LogP contribution in [0.2, 0.25) is 0 Å². The van der Waals surface area contributed by atoms with E-state index < -0.39 is 5.41 Å². The van der Waals surface area contributed by atoms with Crippen LogP contribution in [0.25, 0.3) is 0 Å². The summed E-state index contributed by atoms with van der Waals surface area (Å²) >= 11 is 0. The molecule has 0 radical (unpaired) electrons. The van der Waals surface area contributed by atoms with E-state index in [1.54, 1.807) is 11.3 Å². The number of piperidine rings is 1. The summed E-state index contributed by atoms with van der Waals surface area (Å²) in [6.45, 7) is 9.18. The van der Waals surface area contributed by atoms with Crippen molar-refractivity contribution in [1.82, 2.24) is 15.0 Å². The summed E-state index contributed by atoms with van der Waals surface area (Å²) in [7, 11) is 0. The zero-order chi connectivity index (χ0) is 20.4. The Morgan fingerprint density at radius 3 is 2.54 bits per heavy atom. The fourth-order valence-corrected chi connectivity index (χ4v) is 3.66. The smallest absolute Gasteiger partial charge is 0.330 e. The van der Waals surface area contributed by atoms with E-state index >= 15 is 0 Å². The number of nitrogens with two attached hydrogens (primary N) is 1. The first-order valence-corrected chi connectivity index (χ1v) is 10.3. The summed E-state index contributed by atoms with van der Waals surface area (Å²) in [4.78, 5) is 26.5. The van der Waals surface area contributed by atoms with Crippen molar-refractivity contribution in [2.45, 2.75) is 77.8 Å². The van der Waals surface area contributed by atoms with Gasteiger partial charge in [0.2, 0.25) is 5.95 Å². The molecule has 2 fully saturated rings. The van der Waals surface area contributed by atoms with Gasteiger partial charge in [0.05, 0.1) is 17.3 Å². The molecule has 0 aromatic carbocycles. The van der Waals surface area contributed by atoms with E-state index in [1.807, 2.05) is 20.8 Å². The molecule has 28 heavy (non-hydrogen) atoms. The molecule has 0 atom stereocenters. The molecule has 1 saturated carbocycles. The van der Waals surface area contributed by atoms with Crippen molar-refractivity contribution in [3.63, 3.8) is 0 Å². The van der Waals surface area contributed by atoms with Crippen molar-refractivity contribution in [1.29, 1.82) is 0 Å². The van der Waals surface area contributed by atoms with Gasteiger partial charge in [0, 0.05) is 24.7 Å². The molecule has 4 N–H and O–H groups in total. The van der Waals surface area contributed by atoms with Gasteiger partial charge in [0.1, 0.15) is 0 Å². The van der Waals surface area contributed by atoms with Crippen LogP contribution >= 0.6 is 0 Å². The van der Waals surface area contributed by atoms with Gasteiger partial charge in [-0.25, -0.2) is 9.78 Å². The fourth-order valence-electron chi connectivity index (χ4n) is 3.66. The van der Waals surface area contributed by atoms with Gasteiger partial charge in [-0.15, -0.1) is 5.06 Å². The summed E-state index contributed by atoms with van der Waals surface area (Å²) in [6.07, 6.45) is 8.10. The van der Waals surface area contributed by atoms with Crippen molar-refractivity contribution in [3.05, 3.63) is 6.20 Å². The highest BCUT2D eigenvalue weighted by Gasteiger charge is 2.30. The second kappa shape index (κ2) is 8.11. The average Bonchev–Trinajstić information content (AvgIpc) is 3.05. The molecule has 2 heterocycles. The second-order valence-electron chi connectivity index (χ2n) is 9.37. The average molecular weight is 391 g/mol. The number of hydrogen-bond acceptors (Lipinski definition) is 8. The van der Waals surface area contributed by atoms with Gasteiger partial charge in [-0.2, -0.15) is 4.98 Å². The molecule has 0 bridgehead atoms. The Labute approximate surface area is 167 Å². The molecule has 8 nitrogen and oxygen atoms in total. The van der Waals surface area contributed by atoms with E-state index in [9.17, 15) is 4.79 Å². The zero-order valence-corrected chi connectivity index (χ0v) is 17.5. The standard InChI is InChI=1S/C20H34N6O2/c1-19(2,3)17(27)28-26-11-7-14(8-12-26)23-16-15(21)13-22-18(24-16)25-20(4)9-5-6-10-20/h13-14H,5-12,21H2,1-4H3,(H2,22,23,24,25). The Kier molecular flexibility index (Phi) is 5.98. The Morgan fingerprint density at radius 1 is 1.29 bits per heavy atom. The highest BCUT2D eigenvalue weighted by atomic mass is 16.7. The number of hydroxylamine groups is 2. The molecule has 1 saturated heterocycles. The zero-order valence-electron chi connectivity index (χ0n) is 17.5. The monoisotopic (exact) mass is 390 g/mol. The molecule has 1 aromatic rings. The number of carbonyl (C=O) groups is 1. The molecule has 1 aromatic heterocycles. The number of hydrogen-bond donors (Lipinski definition) is 3. The summed E-state index contributed by atoms with van der Waals surface area (Å²) in [5.74, 6) is 1.09. The van der Waals surface area contributed by atoms with E-state index in [0.29, 0.717) is 30.5 Å². The number of nitrogens with one attached hydrogen (secondary N) is 2. The molecule has 0 amide bonds. The van der Waals surface area contributed by atoms with E-state index in [1.165, 1.54) is 12.8 Å². The fraction of sp³-hybridized carbons (Fsp3) is 0.750. The van der Waals surface area contributed by atoms with Gasteiger partial charge < -0.3 is 21.2 Å². The lowest BCUT2D eigenvalue weighted by Crippen LogP contribution is -2.42. The van der Waals surface area contributed by atoms with Crippen LogP contribution in [0.4, 0.5) is 17.5 Å². The van der Waals surface area contributed by atoms with Crippen molar-refractivity contribution < 1.29 is 9.63 Å². The third kappa shape index (κ3) is 5.25. The van der Waals surface area contributed by atoms with E-state index in [-0.39, 0.29) is 17.6 Å². The highest BCUT2D eigenvalue weighted by molar-refractivity contribution is 5.75.